The van der Waals surface area contributed by atoms with Crippen LogP contribution >= 0.6 is 15.9 Å². The summed E-state index contributed by atoms with van der Waals surface area (Å²) in [6.07, 6.45) is 3.88. The van der Waals surface area contributed by atoms with E-state index in [0.29, 0.717) is 39.6 Å². The molecule has 142 valence electrons. The van der Waals surface area contributed by atoms with Crippen LogP contribution in [0.4, 0.5) is 5.69 Å². The molecule has 6 nitrogen and oxygen atoms in total. The number of carbonyl (C=O) groups excluding carboxylic acids is 1. The average Bonchev–Trinajstić information content (AvgIpc) is 3.20. The molecular formula is C21H18BrN3O3. The maximum Gasteiger partial charge on any atom is 0.260 e. The minimum atomic E-state index is -0.237. The Bertz CT molecular complexity index is 1130. The third-order valence-electron chi connectivity index (χ3n) is 4.31. The minimum Gasteiger partial charge on any atom is -0.487 e. The van der Waals surface area contributed by atoms with Crippen LogP contribution in [-0.2, 0) is 6.61 Å². The number of aryl methyl sites for hydroxylation is 2. The highest BCUT2D eigenvalue weighted by molar-refractivity contribution is 9.10. The molecule has 0 aliphatic carbocycles. The number of imidazole rings is 1. The molecule has 0 radical (unpaired) electrons. The number of anilines is 1. The Morgan fingerprint density at radius 1 is 1.21 bits per heavy atom. The van der Waals surface area contributed by atoms with E-state index in [-0.39, 0.29) is 5.91 Å². The van der Waals surface area contributed by atoms with Gasteiger partial charge in [0.25, 0.3) is 5.91 Å². The van der Waals surface area contributed by atoms with E-state index in [2.05, 4.69) is 26.2 Å². The van der Waals surface area contributed by atoms with Crippen molar-refractivity contribution in [1.82, 2.24) is 9.38 Å². The van der Waals surface area contributed by atoms with Crippen molar-refractivity contribution in [2.75, 3.05) is 5.32 Å². The molecule has 0 saturated heterocycles. The second kappa shape index (κ2) is 7.52. The predicted molar refractivity (Wildman–Crippen MR) is 110 cm³/mol. The Labute approximate surface area is 170 Å². The zero-order chi connectivity index (χ0) is 19.7. The molecule has 28 heavy (non-hydrogen) atoms. The summed E-state index contributed by atoms with van der Waals surface area (Å²) in [5.74, 6) is 1.65. The third kappa shape index (κ3) is 3.66. The molecule has 1 aromatic carbocycles. The highest BCUT2D eigenvalue weighted by atomic mass is 79.9. The van der Waals surface area contributed by atoms with Crippen LogP contribution in [0.1, 0.15) is 27.6 Å². The van der Waals surface area contributed by atoms with Gasteiger partial charge in [0.15, 0.2) is 0 Å². The second-order valence-corrected chi connectivity index (χ2v) is 7.17. The Morgan fingerprint density at radius 3 is 2.82 bits per heavy atom. The van der Waals surface area contributed by atoms with Gasteiger partial charge >= 0.3 is 0 Å². The van der Waals surface area contributed by atoms with Crippen LogP contribution in [-0.4, -0.2) is 15.3 Å². The molecule has 0 bridgehead atoms. The number of benzene rings is 1. The van der Waals surface area contributed by atoms with Crippen LogP contribution in [0.15, 0.2) is 63.7 Å². The van der Waals surface area contributed by atoms with Crippen molar-refractivity contribution < 1.29 is 13.9 Å². The van der Waals surface area contributed by atoms with E-state index in [0.717, 1.165) is 11.3 Å². The molecule has 1 N–H and O–H groups in total. The Hall–Kier alpha value is -3.06. The van der Waals surface area contributed by atoms with Gasteiger partial charge in [0.2, 0.25) is 0 Å². The molecule has 0 saturated carbocycles. The van der Waals surface area contributed by atoms with E-state index in [1.165, 1.54) is 0 Å². The molecule has 1 amide bonds. The predicted octanol–water partition coefficient (Wildman–Crippen LogP) is 5.14. The second-order valence-electron chi connectivity index (χ2n) is 6.37. The Balaban J connectivity index is 1.46. The molecule has 3 aromatic heterocycles. The maximum absolute atomic E-state index is 12.6. The lowest BCUT2D eigenvalue weighted by atomic mass is 10.2. The highest BCUT2D eigenvalue weighted by Gasteiger charge is 2.20. The van der Waals surface area contributed by atoms with Gasteiger partial charge in [0.05, 0.1) is 15.7 Å². The van der Waals surface area contributed by atoms with Crippen molar-refractivity contribution >= 4 is 33.2 Å². The summed E-state index contributed by atoms with van der Waals surface area (Å²) >= 11 is 3.41. The van der Waals surface area contributed by atoms with Crippen molar-refractivity contribution in [3.05, 3.63) is 82.1 Å². The summed E-state index contributed by atoms with van der Waals surface area (Å²) in [4.78, 5) is 17.1. The summed E-state index contributed by atoms with van der Waals surface area (Å²) in [6.45, 7) is 3.91. The van der Waals surface area contributed by atoms with E-state index >= 15 is 0 Å². The van der Waals surface area contributed by atoms with Crippen LogP contribution in [0.2, 0.25) is 0 Å². The van der Waals surface area contributed by atoms with Gasteiger partial charge in [0.1, 0.15) is 29.5 Å². The summed E-state index contributed by atoms with van der Waals surface area (Å²) in [7, 11) is 0. The first-order valence-electron chi connectivity index (χ1n) is 8.73. The molecule has 0 unspecified atom stereocenters. The fourth-order valence-corrected chi connectivity index (χ4v) is 3.53. The highest BCUT2D eigenvalue weighted by Crippen LogP contribution is 2.28. The molecule has 0 aliphatic rings. The number of hydrogen-bond donors (Lipinski definition) is 1. The SMILES string of the molecule is Cc1oc(C)c(C(=O)Nc2cccc(OCc3cn4ccccc4n3)c2)c1Br. The van der Waals surface area contributed by atoms with Gasteiger partial charge in [-0.05, 0) is 54.0 Å². The number of amides is 1. The smallest absolute Gasteiger partial charge is 0.260 e. The van der Waals surface area contributed by atoms with E-state index in [1.54, 1.807) is 13.0 Å². The number of nitrogens with one attached hydrogen (secondary N) is 1. The molecule has 0 spiro atoms. The molecule has 0 aliphatic heterocycles. The van der Waals surface area contributed by atoms with Gasteiger partial charge in [-0.1, -0.05) is 12.1 Å². The molecule has 3 heterocycles. The monoisotopic (exact) mass is 439 g/mol. The molecule has 4 aromatic rings. The zero-order valence-electron chi connectivity index (χ0n) is 15.4. The molecular weight excluding hydrogens is 422 g/mol. The number of ether oxygens (including phenoxy) is 1. The summed E-state index contributed by atoms with van der Waals surface area (Å²) < 4.78 is 14.0. The van der Waals surface area contributed by atoms with Gasteiger partial charge in [-0.25, -0.2) is 4.98 Å². The van der Waals surface area contributed by atoms with Gasteiger partial charge in [0, 0.05) is 24.1 Å². The van der Waals surface area contributed by atoms with Gasteiger partial charge in [-0.3, -0.25) is 4.79 Å². The van der Waals surface area contributed by atoms with Gasteiger partial charge in [-0.15, -0.1) is 0 Å². The number of nitrogens with zero attached hydrogens (tertiary/aromatic N) is 2. The average molecular weight is 440 g/mol. The molecule has 0 atom stereocenters. The standard InChI is InChI=1S/C21H18BrN3O3/c1-13-19(20(22)14(2)28-13)21(26)24-15-6-5-7-17(10-15)27-12-16-11-25-9-4-3-8-18(25)23-16/h3-11H,12H2,1-2H3,(H,24,26). The normalized spacial score (nSPS) is 11.0. The lowest BCUT2D eigenvalue weighted by molar-refractivity contribution is 0.102. The number of halogens is 1. The fourth-order valence-electron chi connectivity index (χ4n) is 2.99. The van der Waals surface area contributed by atoms with Crippen LogP contribution in [0.3, 0.4) is 0 Å². The number of pyridine rings is 1. The minimum absolute atomic E-state index is 0.237. The van der Waals surface area contributed by atoms with Crippen LogP contribution < -0.4 is 10.1 Å². The zero-order valence-corrected chi connectivity index (χ0v) is 17.0. The van der Waals surface area contributed by atoms with Crippen molar-refractivity contribution in [3.8, 4) is 5.75 Å². The number of furan rings is 1. The first kappa shape index (κ1) is 18.3. The number of hydrogen-bond acceptors (Lipinski definition) is 4. The number of carbonyl (C=O) groups is 1. The van der Waals surface area contributed by atoms with E-state index in [1.807, 2.05) is 60.1 Å². The maximum atomic E-state index is 12.6. The summed E-state index contributed by atoms with van der Waals surface area (Å²) in [6, 6.07) is 13.1. The lowest BCUT2D eigenvalue weighted by Crippen LogP contribution is -2.13. The van der Waals surface area contributed by atoms with Crippen LogP contribution in [0.25, 0.3) is 5.65 Å². The number of rotatable bonds is 5. The topological polar surface area (TPSA) is 68.8 Å². The van der Waals surface area contributed by atoms with Crippen molar-refractivity contribution in [2.24, 2.45) is 0 Å². The van der Waals surface area contributed by atoms with Crippen molar-refractivity contribution in [1.29, 1.82) is 0 Å². The fraction of sp³-hybridized carbons (Fsp3) is 0.143. The van der Waals surface area contributed by atoms with E-state index in [4.69, 9.17) is 9.15 Å². The molecule has 0 fully saturated rings. The first-order valence-corrected chi connectivity index (χ1v) is 9.53. The van der Waals surface area contributed by atoms with E-state index < -0.39 is 0 Å². The van der Waals surface area contributed by atoms with E-state index in [9.17, 15) is 4.79 Å². The Kier molecular flexibility index (Phi) is 4.92. The molecule has 4 rings (SSSR count). The van der Waals surface area contributed by atoms with Crippen LogP contribution in [0, 0.1) is 13.8 Å². The molecule has 7 heteroatoms. The third-order valence-corrected chi connectivity index (χ3v) is 5.26. The lowest BCUT2D eigenvalue weighted by Gasteiger charge is -2.08. The quantitative estimate of drug-likeness (QED) is 0.467. The van der Waals surface area contributed by atoms with Crippen molar-refractivity contribution in [2.45, 2.75) is 20.5 Å². The Morgan fingerprint density at radius 2 is 2.07 bits per heavy atom. The van der Waals surface area contributed by atoms with Crippen LogP contribution in [0.5, 0.6) is 5.75 Å². The summed E-state index contributed by atoms with van der Waals surface area (Å²) in [5.41, 5.74) is 2.84. The largest absolute Gasteiger partial charge is 0.487 e. The van der Waals surface area contributed by atoms with Gasteiger partial charge in [-0.2, -0.15) is 0 Å². The first-order chi connectivity index (χ1) is 13.5. The number of fused-ring (bicyclic) bond motifs is 1. The van der Waals surface area contributed by atoms with Crippen molar-refractivity contribution in [3.63, 3.8) is 0 Å². The number of aromatic nitrogens is 2. The van der Waals surface area contributed by atoms with Gasteiger partial charge < -0.3 is 18.9 Å². The summed E-state index contributed by atoms with van der Waals surface area (Å²) in [5, 5.41) is 2.88.